The van der Waals surface area contributed by atoms with E-state index in [1.807, 2.05) is 0 Å². The molecule has 1 aliphatic heterocycles. The maximum atomic E-state index is 13.3. The zero-order valence-electron chi connectivity index (χ0n) is 14.9. The molecule has 1 unspecified atom stereocenters. The monoisotopic (exact) mass is 440 g/mol. The highest BCUT2D eigenvalue weighted by atomic mass is 32.2. The van der Waals surface area contributed by atoms with Crippen molar-refractivity contribution in [3.63, 3.8) is 0 Å². The van der Waals surface area contributed by atoms with Gasteiger partial charge in [0.25, 0.3) is 0 Å². The maximum absolute atomic E-state index is 13.3. The average Bonchev–Trinajstić information content (AvgIpc) is 3.38. The van der Waals surface area contributed by atoms with Crippen LogP contribution in [-0.2, 0) is 10.9 Å². The van der Waals surface area contributed by atoms with Gasteiger partial charge in [-0.15, -0.1) is 10.2 Å². The highest BCUT2D eigenvalue weighted by Crippen LogP contribution is 2.35. The first-order valence-corrected chi connectivity index (χ1v) is 10.4. The number of aromatic nitrogens is 5. The number of rotatable bonds is 6. The van der Waals surface area contributed by atoms with E-state index in [0.29, 0.717) is 16.0 Å². The smallest absolute Gasteiger partial charge is 0.376 e. The van der Waals surface area contributed by atoms with E-state index < -0.39 is 11.9 Å². The van der Waals surface area contributed by atoms with E-state index in [2.05, 4.69) is 30.5 Å². The van der Waals surface area contributed by atoms with Gasteiger partial charge >= 0.3 is 6.18 Å². The number of hydrogen-bond acceptors (Lipinski definition) is 9. The number of alkyl halides is 3. The molecule has 4 rings (SSSR count). The van der Waals surface area contributed by atoms with Crippen LogP contribution in [0.1, 0.15) is 18.5 Å². The van der Waals surface area contributed by atoms with Crippen molar-refractivity contribution in [2.75, 3.05) is 18.5 Å². The molecule has 1 saturated heterocycles. The number of halogens is 3. The lowest BCUT2D eigenvalue weighted by atomic mass is 10.2. The number of nitrogens with one attached hydrogen (secondary N) is 1. The lowest BCUT2D eigenvalue weighted by molar-refractivity contribution is -0.141. The molecule has 0 bridgehead atoms. The van der Waals surface area contributed by atoms with Crippen molar-refractivity contribution < 1.29 is 17.9 Å². The fourth-order valence-electron chi connectivity index (χ4n) is 2.65. The van der Waals surface area contributed by atoms with E-state index in [1.54, 1.807) is 18.2 Å². The summed E-state index contributed by atoms with van der Waals surface area (Å²) in [5, 5.41) is 11.9. The van der Waals surface area contributed by atoms with Crippen LogP contribution in [-0.4, -0.2) is 44.4 Å². The van der Waals surface area contributed by atoms with Crippen LogP contribution in [0, 0.1) is 0 Å². The molecule has 1 aliphatic rings. The summed E-state index contributed by atoms with van der Waals surface area (Å²) in [7, 11) is 0. The van der Waals surface area contributed by atoms with Gasteiger partial charge in [-0.1, -0.05) is 17.4 Å². The van der Waals surface area contributed by atoms with E-state index in [0.717, 1.165) is 37.3 Å². The Kier molecular flexibility index (Phi) is 5.92. The Morgan fingerprint density at radius 1 is 1.24 bits per heavy atom. The highest BCUT2D eigenvalue weighted by molar-refractivity contribution is 8.01. The second kappa shape index (κ2) is 8.59. The van der Waals surface area contributed by atoms with E-state index >= 15 is 0 Å². The maximum Gasteiger partial charge on any atom is 0.433 e. The Morgan fingerprint density at radius 2 is 2.14 bits per heavy atom. The molecular weight excluding hydrogens is 425 g/mol. The lowest BCUT2D eigenvalue weighted by Crippen LogP contribution is -2.18. The summed E-state index contributed by atoms with van der Waals surface area (Å²) in [6.45, 7) is 1.38. The van der Waals surface area contributed by atoms with Gasteiger partial charge in [0.1, 0.15) is 16.4 Å². The van der Waals surface area contributed by atoms with Crippen LogP contribution in [0.15, 0.2) is 39.8 Å². The minimum absolute atomic E-state index is 0.0934. The minimum Gasteiger partial charge on any atom is -0.376 e. The van der Waals surface area contributed by atoms with Crippen LogP contribution in [0.5, 0.6) is 0 Å². The Hall–Kier alpha value is -2.31. The first-order chi connectivity index (χ1) is 14.0. The van der Waals surface area contributed by atoms with Crippen molar-refractivity contribution in [3.05, 3.63) is 36.2 Å². The van der Waals surface area contributed by atoms with Gasteiger partial charge in [-0.3, -0.25) is 4.98 Å². The average molecular weight is 440 g/mol. The van der Waals surface area contributed by atoms with E-state index in [1.165, 1.54) is 17.5 Å². The van der Waals surface area contributed by atoms with Crippen LogP contribution >= 0.6 is 23.1 Å². The van der Waals surface area contributed by atoms with Crippen LogP contribution in [0.25, 0.3) is 11.5 Å². The first-order valence-electron chi connectivity index (χ1n) is 8.72. The van der Waals surface area contributed by atoms with E-state index in [4.69, 9.17) is 4.74 Å². The molecular formula is C17H15F3N6OS2. The van der Waals surface area contributed by atoms with Crippen LogP contribution in [0.2, 0.25) is 0 Å². The first kappa shape index (κ1) is 20.0. The van der Waals surface area contributed by atoms with Gasteiger partial charge in [0.15, 0.2) is 10.2 Å². The third-order valence-electron chi connectivity index (χ3n) is 3.99. The SMILES string of the molecule is FC(F)(F)c1cc(Sc2nnc(NCC3CCCO3)s2)nc(-c2ccccn2)n1. The third-order valence-corrected chi connectivity index (χ3v) is 5.84. The fraction of sp³-hybridized carbons (Fsp3) is 0.353. The molecule has 0 amide bonds. The number of ether oxygens (including phenoxy) is 1. The topological polar surface area (TPSA) is 85.7 Å². The quantitative estimate of drug-likeness (QED) is 0.572. The number of pyridine rings is 1. The number of nitrogens with zero attached hydrogens (tertiary/aromatic N) is 5. The molecule has 12 heteroatoms. The van der Waals surface area contributed by atoms with Gasteiger partial charge < -0.3 is 10.1 Å². The molecule has 29 heavy (non-hydrogen) atoms. The van der Waals surface area contributed by atoms with Crippen molar-refractivity contribution in [2.24, 2.45) is 0 Å². The standard InChI is InChI=1S/C17H15F3N6OS2/c18-17(19,20)12-8-13(24-14(23-12)11-5-1-2-6-21-11)28-16-26-25-15(29-16)22-9-10-4-3-7-27-10/h1-2,5-6,8,10H,3-4,7,9H2,(H,22,25). The predicted octanol–water partition coefficient (Wildman–Crippen LogP) is 4.15. The summed E-state index contributed by atoms with van der Waals surface area (Å²) in [6, 6.07) is 5.79. The van der Waals surface area contributed by atoms with Gasteiger partial charge in [-0.2, -0.15) is 13.2 Å². The molecule has 152 valence electrons. The Morgan fingerprint density at radius 3 is 2.86 bits per heavy atom. The Bertz CT molecular complexity index is 963. The summed E-state index contributed by atoms with van der Waals surface area (Å²) in [5.74, 6) is -0.0934. The van der Waals surface area contributed by atoms with Gasteiger partial charge in [0, 0.05) is 25.4 Å². The second-order valence-corrected chi connectivity index (χ2v) is 8.36. The molecule has 0 saturated carbocycles. The predicted molar refractivity (Wildman–Crippen MR) is 102 cm³/mol. The van der Waals surface area contributed by atoms with Crippen molar-refractivity contribution in [1.82, 2.24) is 25.1 Å². The third kappa shape index (κ3) is 5.19. The van der Waals surface area contributed by atoms with Crippen molar-refractivity contribution in [2.45, 2.75) is 34.5 Å². The molecule has 0 radical (unpaired) electrons. The Balaban J connectivity index is 1.53. The summed E-state index contributed by atoms with van der Waals surface area (Å²) in [4.78, 5) is 11.9. The van der Waals surface area contributed by atoms with Crippen molar-refractivity contribution >= 4 is 28.2 Å². The summed E-state index contributed by atoms with van der Waals surface area (Å²) in [6.07, 6.45) is -0.950. The molecule has 0 aromatic carbocycles. The minimum atomic E-state index is -4.60. The molecule has 1 N–H and O–H groups in total. The lowest BCUT2D eigenvalue weighted by Gasteiger charge is -2.09. The summed E-state index contributed by atoms with van der Waals surface area (Å²) in [5.41, 5.74) is -0.770. The largest absolute Gasteiger partial charge is 0.433 e. The Labute approximate surface area is 172 Å². The van der Waals surface area contributed by atoms with Gasteiger partial charge in [-0.25, -0.2) is 9.97 Å². The molecule has 1 atom stereocenters. The molecule has 3 aromatic heterocycles. The van der Waals surface area contributed by atoms with Gasteiger partial charge in [0.2, 0.25) is 5.13 Å². The van der Waals surface area contributed by atoms with Gasteiger partial charge in [0.05, 0.1) is 6.10 Å². The molecule has 1 fully saturated rings. The van der Waals surface area contributed by atoms with E-state index in [9.17, 15) is 13.2 Å². The van der Waals surface area contributed by atoms with Crippen LogP contribution in [0.4, 0.5) is 18.3 Å². The molecule has 3 aromatic rings. The van der Waals surface area contributed by atoms with E-state index in [-0.39, 0.29) is 22.6 Å². The number of hydrogen-bond donors (Lipinski definition) is 1. The van der Waals surface area contributed by atoms with Crippen LogP contribution in [0.3, 0.4) is 0 Å². The summed E-state index contributed by atoms with van der Waals surface area (Å²) < 4.78 is 45.9. The summed E-state index contributed by atoms with van der Waals surface area (Å²) >= 11 is 2.24. The van der Waals surface area contributed by atoms with Crippen molar-refractivity contribution in [1.29, 1.82) is 0 Å². The molecule has 4 heterocycles. The second-order valence-electron chi connectivity index (χ2n) is 6.12. The zero-order valence-corrected chi connectivity index (χ0v) is 16.5. The molecule has 0 spiro atoms. The fourth-order valence-corrected chi connectivity index (χ4v) is 4.36. The van der Waals surface area contributed by atoms with Crippen LogP contribution < -0.4 is 5.32 Å². The zero-order chi connectivity index (χ0) is 20.3. The highest BCUT2D eigenvalue weighted by Gasteiger charge is 2.34. The van der Waals surface area contributed by atoms with Gasteiger partial charge in [-0.05, 0) is 36.7 Å². The molecule has 0 aliphatic carbocycles. The molecule has 7 nitrogen and oxygen atoms in total. The number of anilines is 1. The normalized spacial score (nSPS) is 16.9. The van der Waals surface area contributed by atoms with Crippen molar-refractivity contribution in [3.8, 4) is 11.5 Å².